The summed E-state index contributed by atoms with van der Waals surface area (Å²) in [5, 5.41) is 24.8. The number of carbonyl (C=O) groups excluding carboxylic acids is 6. The standard InChI is InChI=1S/C30H40O14/c1-14-27(36)44-24-11-20(13-39-15(2)31)9-10-21(40-16(3)32)28(7)22(41-17(4)33)12-23(42-18(5)34)29(8,37)25(28)26(30(14,24)38)43-19(6)35/h9-11,14,21-26,37-38H,12-13H2,1-8H3/t14-,21-,22-,23+,24-,25+,26-,28-,29+,30-/m0/s1. The van der Waals surface area contributed by atoms with Gasteiger partial charge < -0.3 is 38.6 Å². The van der Waals surface area contributed by atoms with Gasteiger partial charge in [0.1, 0.15) is 36.6 Å². The van der Waals surface area contributed by atoms with Crippen molar-refractivity contribution in [3.8, 4) is 0 Å². The number of rotatable bonds is 6. The van der Waals surface area contributed by atoms with Crippen molar-refractivity contribution in [2.75, 3.05) is 6.61 Å². The average Bonchev–Trinajstić information content (AvgIpc) is 3.09. The molecule has 3 aliphatic rings. The summed E-state index contributed by atoms with van der Waals surface area (Å²) in [6, 6.07) is 0. The molecule has 0 amide bonds. The fraction of sp³-hybridized carbons (Fsp3) is 0.667. The van der Waals surface area contributed by atoms with Gasteiger partial charge in [-0.25, -0.2) is 0 Å². The Kier molecular flexibility index (Phi) is 10.0. The number of hydrogen-bond acceptors (Lipinski definition) is 14. The highest BCUT2D eigenvalue weighted by molar-refractivity contribution is 5.78. The van der Waals surface area contributed by atoms with Crippen LogP contribution in [0.4, 0.5) is 0 Å². The summed E-state index contributed by atoms with van der Waals surface area (Å²) >= 11 is 0. The average molecular weight is 625 g/mol. The van der Waals surface area contributed by atoms with Gasteiger partial charge in [0.15, 0.2) is 11.7 Å². The number of carbonyl (C=O) groups is 6. The van der Waals surface area contributed by atoms with E-state index in [1.807, 2.05) is 0 Å². The smallest absolute Gasteiger partial charge is 0.312 e. The molecule has 1 aliphatic heterocycles. The number of esters is 6. The Bertz CT molecular complexity index is 1270. The van der Waals surface area contributed by atoms with Crippen molar-refractivity contribution < 1.29 is 67.4 Å². The Morgan fingerprint density at radius 2 is 1.41 bits per heavy atom. The molecule has 2 N–H and O–H groups in total. The predicted octanol–water partition coefficient (Wildman–Crippen LogP) is 0.842. The Morgan fingerprint density at radius 3 is 1.93 bits per heavy atom. The van der Waals surface area contributed by atoms with Gasteiger partial charge in [0.05, 0.1) is 11.3 Å². The second-order valence-electron chi connectivity index (χ2n) is 11.9. The molecule has 1 heterocycles. The zero-order valence-electron chi connectivity index (χ0n) is 26.0. The minimum absolute atomic E-state index is 0.204. The van der Waals surface area contributed by atoms with E-state index in [0.29, 0.717) is 0 Å². The van der Waals surface area contributed by atoms with E-state index < -0.39 is 94.8 Å². The highest BCUT2D eigenvalue weighted by atomic mass is 16.6. The van der Waals surface area contributed by atoms with Crippen molar-refractivity contribution >= 4 is 35.8 Å². The normalized spacial score (nSPS) is 38.1. The van der Waals surface area contributed by atoms with Crippen LogP contribution in [0.3, 0.4) is 0 Å². The van der Waals surface area contributed by atoms with Gasteiger partial charge in [-0.1, -0.05) is 13.0 Å². The lowest BCUT2D eigenvalue weighted by Gasteiger charge is -2.60. The van der Waals surface area contributed by atoms with E-state index in [1.165, 1.54) is 45.9 Å². The zero-order valence-corrected chi connectivity index (χ0v) is 26.0. The molecule has 1 saturated carbocycles. The monoisotopic (exact) mass is 624 g/mol. The Morgan fingerprint density at radius 1 is 0.864 bits per heavy atom. The predicted molar refractivity (Wildman–Crippen MR) is 147 cm³/mol. The summed E-state index contributed by atoms with van der Waals surface area (Å²) < 4.78 is 33.4. The molecule has 0 unspecified atom stereocenters. The van der Waals surface area contributed by atoms with E-state index in [4.69, 9.17) is 28.4 Å². The van der Waals surface area contributed by atoms with Gasteiger partial charge in [-0.15, -0.1) is 0 Å². The van der Waals surface area contributed by atoms with Crippen LogP contribution in [-0.4, -0.2) is 94.4 Å². The first-order chi connectivity index (χ1) is 20.3. The first kappa shape index (κ1) is 34.7. The molecule has 14 nitrogen and oxygen atoms in total. The minimum atomic E-state index is -2.41. The second-order valence-corrected chi connectivity index (χ2v) is 11.9. The van der Waals surface area contributed by atoms with E-state index in [9.17, 15) is 39.0 Å². The van der Waals surface area contributed by atoms with Crippen LogP contribution in [0.25, 0.3) is 0 Å². The van der Waals surface area contributed by atoms with Crippen molar-refractivity contribution in [2.24, 2.45) is 17.3 Å². The molecule has 0 spiro atoms. The number of fused-ring (bicyclic) bond motifs is 2. The van der Waals surface area contributed by atoms with Crippen LogP contribution in [0, 0.1) is 17.3 Å². The molecule has 244 valence electrons. The largest absolute Gasteiger partial charge is 0.462 e. The van der Waals surface area contributed by atoms with Gasteiger partial charge in [0.2, 0.25) is 0 Å². The highest BCUT2D eigenvalue weighted by Crippen LogP contribution is 2.57. The zero-order chi connectivity index (χ0) is 33.4. The molecule has 0 aromatic rings. The van der Waals surface area contributed by atoms with Crippen LogP contribution >= 0.6 is 0 Å². The van der Waals surface area contributed by atoms with Gasteiger partial charge in [0.25, 0.3) is 0 Å². The molecular formula is C30H40O14. The van der Waals surface area contributed by atoms with Crippen LogP contribution < -0.4 is 0 Å². The van der Waals surface area contributed by atoms with Gasteiger partial charge in [-0.05, 0) is 31.6 Å². The molecule has 44 heavy (non-hydrogen) atoms. The molecule has 10 atom stereocenters. The lowest BCUT2D eigenvalue weighted by Crippen LogP contribution is -2.74. The SMILES string of the molecule is CC(=O)OCC1=C[C@@H]2OC(=O)[C@H](C)[C@@]2(O)[C@@H](OC(C)=O)[C@H]2[C@](C)(O)[C@H](OC(C)=O)C[C@H](OC(C)=O)[C@]2(C)[C@@H](OC(C)=O)C=C1. The van der Waals surface area contributed by atoms with Gasteiger partial charge in [-0.3, -0.25) is 28.8 Å². The molecule has 2 aliphatic carbocycles. The third-order valence-corrected chi connectivity index (χ3v) is 8.69. The highest BCUT2D eigenvalue weighted by Gasteiger charge is 2.72. The number of aliphatic hydroxyl groups is 2. The van der Waals surface area contributed by atoms with Crippen LogP contribution in [0.2, 0.25) is 0 Å². The maximum Gasteiger partial charge on any atom is 0.312 e. The first-order valence-electron chi connectivity index (χ1n) is 14.1. The molecule has 0 aromatic carbocycles. The van der Waals surface area contributed by atoms with E-state index in [2.05, 4.69) is 0 Å². The number of hydrogen-bond donors (Lipinski definition) is 2. The van der Waals surface area contributed by atoms with Gasteiger partial charge in [-0.2, -0.15) is 0 Å². The minimum Gasteiger partial charge on any atom is -0.462 e. The van der Waals surface area contributed by atoms with Gasteiger partial charge >= 0.3 is 35.8 Å². The molecule has 0 radical (unpaired) electrons. The van der Waals surface area contributed by atoms with Crippen LogP contribution in [0.1, 0.15) is 61.8 Å². The topological polar surface area (TPSA) is 198 Å². The lowest BCUT2D eigenvalue weighted by atomic mass is 9.51. The Hall–Kier alpha value is -3.78. The summed E-state index contributed by atoms with van der Waals surface area (Å²) in [5.74, 6) is -7.72. The quantitative estimate of drug-likeness (QED) is 0.311. The van der Waals surface area contributed by atoms with Crippen LogP contribution in [-0.2, 0) is 57.2 Å². The van der Waals surface area contributed by atoms with E-state index in [-0.39, 0.29) is 18.6 Å². The second kappa shape index (κ2) is 12.7. The summed E-state index contributed by atoms with van der Waals surface area (Å²) in [6.07, 6.45) is -3.58. The van der Waals surface area contributed by atoms with Crippen molar-refractivity contribution in [3.63, 3.8) is 0 Å². The first-order valence-corrected chi connectivity index (χ1v) is 14.1. The van der Waals surface area contributed by atoms with E-state index >= 15 is 0 Å². The fourth-order valence-electron chi connectivity index (χ4n) is 6.69. The molecule has 0 bridgehead atoms. The summed E-state index contributed by atoms with van der Waals surface area (Å²) in [7, 11) is 0. The molecule has 2 fully saturated rings. The third kappa shape index (κ3) is 6.50. The summed E-state index contributed by atoms with van der Waals surface area (Å²) in [5.41, 5.74) is -6.14. The molecule has 14 heteroatoms. The fourth-order valence-corrected chi connectivity index (χ4v) is 6.69. The lowest BCUT2D eigenvalue weighted by molar-refractivity contribution is -0.286. The Balaban J connectivity index is 2.49. The Labute approximate surface area is 254 Å². The maximum absolute atomic E-state index is 13.1. The van der Waals surface area contributed by atoms with Crippen LogP contribution in [0.5, 0.6) is 0 Å². The van der Waals surface area contributed by atoms with Crippen molar-refractivity contribution in [2.45, 2.75) is 104 Å². The van der Waals surface area contributed by atoms with Crippen molar-refractivity contribution in [1.82, 2.24) is 0 Å². The molecule has 1 saturated heterocycles. The van der Waals surface area contributed by atoms with Crippen molar-refractivity contribution in [1.29, 1.82) is 0 Å². The maximum atomic E-state index is 13.1. The van der Waals surface area contributed by atoms with E-state index in [0.717, 1.165) is 27.7 Å². The molecule has 0 aromatic heterocycles. The van der Waals surface area contributed by atoms with E-state index in [1.54, 1.807) is 0 Å². The number of ether oxygens (including phenoxy) is 6. The van der Waals surface area contributed by atoms with Gasteiger partial charge in [0, 0.05) is 47.0 Å². The van der Waals surface area contributed by atoms with Crippen LogP contribution in [0.15, 0.2) is 23.8 Å². The summed E-state index contributed by atoms with van der Waals surface area (Å²) in [4.78, 5) is 74.5. The molecule has 3 rings (SSSR count). The molecular weight excluding hydrogens is 584 g/mol. The van der Waals surface area contributed by atoms with Crippen molar-refractivity contribution in [3.05, 3.63) is 23.8 Å². The third-order valence-electron chi connectivity index (χ3n) is 8.69. The summed E-state index contributed by atoms with van der Waals surface area (Å²) in [6.45, 7) is 9.35.